The van der Waals surface area contributed by atoms with Gasteiger partial charge >= 0.3 is 12.0 Å². The van der Waals surface area contributed by atoms with Crippen molar-refractivity contribution in [2.75, 3.05) is 0 Å². The highest BCUT2D eigenvalue weighted by molar-refractivity contribution is 5.83. The Balaban J connectivity index is 2.55. The average molecular weight is 272 g/mol. The van der Waals surface area contributed by atoms with Crippen molar-refractivity contribution in [3.05, 3.63) is 0 Å². The van der Waals surface area contributed by atoms with Crippen LogP contribution in [-0.4, -0.2) is 40.4 Å². The fourth-order valence-electron chi connectivity index (χ4n) is 2.27. The molecule has 0 aromatic carbocycles. The molecule has 19 heavy (non-hydrogen) atoms. The van der Waals surface area contributed by atoms with Crippen molar-refractivity contribution in [3.8, 4) is 0 Å². The molecule has 1 saturated carbocycles. The van der Waals surface area contributed by atoms with Gasteiger partial charge in [0.15, 0.2) is 0 Å². The van der Waals surface area contributed by atoms with Crippen molar-refractivity contribution >= 4 is 12.0 Å². The van der Waals surface area contributed by atoms with Gasteiger partial charge in [0.1, 0.15) is 6.04 Å². The number of aliphatic carboxylic acids is 1. The maximum atomic E-state index is 11.8. The summed E-state index contributed by atoms with van der Waals surface area (Å²) in [4.78, 5) is 23.0. The average Bonchev–Trinajstić information content (AvgIpc) is 2.27. The molecule has 1 aliphatic carbocycles. The van der Waals surface area contributed by atoms with Gasteiger partial charge in [-0.25, -0.2) is 9.59 Å². The van der Waals surface area contributed by atoms with Crippen LogP contribution in [0.5, 0.6) is 0 Å². The lowest BCUT2D eigenvalue weighted by Gasteiger charge is -2.31. The van der Waals surface area contributed by atoms with E-state index in [0.717, 1.165) is 19.3 Å². The van der Waals surface area contributed by atoms with Crippen LogP contribution in [0.3, 0.4) is 0 Å². The van der Waals surface area contributed by atoms with E-state index in [-0.39, 0.29) is 6.04 Å². The number of hydrogen-bond donors (Lipinski definition) is 4. The summed E-state index contributed by atoms with van der Waals surface area (Å²) in [6.45, 7) is 5.25. The maximum Gasteiger partial charge on any atom is 0.326 e. The smallest absolute Gasteiger partial charge is 0.326 e. The van der Waals surface area contributed by atoms with E-state index in [2.05, 4.69) is 10.6 Å². The van der Waals surface area contributed by atoms with Gasteiger partial charge in [-0.15, -0.1) is 0 Å². The number of nitrogens with one attached hydrogen (secondary N) is 2. The number of carbonyl (C=O) groups excluding carboxylic acids is 1. The highest BCUT2D eigenvalue weighted by atomic mass is 16.4. The van der Waals surface area contributed by atoms with Crippen LogP contribution >= 0.6 is 0 Å². The van der Waals surface area contributed by atoms with E-state index >= 15 is 0 Å². The first-order valence-electron chi connectivity index (χ1n) is 6.69. The van der Waals surface area contributed by atoms with E-state index in [1.165, 1.54) is 0 Å². The molecular weight excluding hydrogens is 248 g/mol. The Morgan fingerprint density at radius 3 is 2.26 bits per heavy atom. The van der Waals surface area contributed by atoms with Gasteiger partial charge < -0.3 is 20.8 Å². The molecule has 110 valence electrons. The first-order valence-corrected chi connectivity index (χ1v) is 6.69. The highest BCUT2D eigenvalue weighted by Crippen LogP contribution is 2.20. The monoisotopic (exact) mass is 272 g/mol. The van der Waals surface area contributed by atoms with E-state index in [1.54, 1.807) is 20.8 Å². The standard InChI is InChI=1S/C13H24N2O4/c1-13(2,3)10(11(17)18)15-12(19)14-8-6-4-5-7-9(8)16/h8-10,16H,4-7H2,1-3H3,(H,17,18)(H2,14,15,19)/t8?,9?,10-/m0/s1. The fourth-order valence-corrected chi connectivity index (χ4v) is 2.27. The first kappa shape index (κ1) is 15.8. The van der Waals surface area contributed by atoms with Crippen molar-refractivity contribution in [3.63, 3.8) is 0 Å². The molecule has 0 aliphatic heterocycles. The van der Waals surface area contributed by atoms with E-state index in [1.807, 2.05) is 0 Å². The molecule has 1 fully saturated rings. The molecule has 6 nitrogen and oxygen atoms in total. The molecule has 6 heteroatoms. The third-order valence-corrected chi connectivity index (χ3v) is 3.43. The Hall–Kier alpha value is -1.30. The van der Waals surface area contributed by atoms with Crippen molar-refractivity contribution in [1.29, 1.82) is 0 Å². The molecule has 3 atom stereocenters. The molecule has 1 rings (SSSR count). The Labute approximate surface area is 113 Å². The van der Waals surface area contributed by atoms with Gasteiger partial charge in [0.2, 0.25) is 0 Å². The second kappa shape index (κ2) is 6.23. The number of amides is 2. The fraction of sp³-hybridized carbons (Fsp3) is 0.846. The van der Waals surface area contributed by atoms with Crippen molar-refractivity contribution in [2.45, 2.75) is 64.6 Å². The molecule has 0 spiro atoms. The van der Waals surface area contributed by atoms with Crippen LogP contribution in [-0.2, 0) is 4.79 Å². The molecule has 2 unspecified atom stereocenters. The zero-order valence-corrected chi connectivity index (χ0v) is 11.8. The summed E-state index contributed by atoms with van der Waals surface area (Å²) in [5.74, 6) is -1.06. The van der Waals surface area contributed by atoms with E-state index in [4.69, 9.17) is 5.11 Å². The number of aliphatic hydroxyl groups is 1. The summed E-state index contributed by atoms with van der Waals surface area (Å²) < 4.78 is 0. The van der Waals surface area contributed by atoms with Gasteiger partial charge in [-0.1, -0.05) is 33.6 Å². The second-order valence-electron chi connectivity index (χ2n) is 6.21. The van der Waals surface area contributed by atoms with Gasteiger partial charge in [-0.2, -0.15) is 0 Å². The van der Waals surface area contributed by atoms with Crippen molar-refractivity contribution in [2.24, 2.45) is 5.41 Å². The molecule has 4 N–H and O–H groups in total. The summed E-state index contributed by atoms with van der Waals surface area (Å²) in [5, 5.41) is 24.0. The zero-order valence-electron chi connectivity index (χ0n) is 11.8. The lowest BCUT2D eigenvalue weighted by molar-refractivity contribution is -0.141. The van der Waals surface area contributed by atoms with E-state index in [0.29, 0.717) is 6.42 Å². The molecule has 0 aromatic rings. The lowest BCUT2D eigenvalue weighted by Crippen LogP contribution is -2.56. The molecular formula is C13H24N2O4. The summed E-state index contributed by atoms with van der Waals surface area (Å²) in [6.07, 6.45) is 2.77. The van der Waals surface area contributed by atoms with Crippen LogP contribution in [0.4, 0.5) is 4.79 Å². The Kier molecular flexibility index (Phi) is 5.17. The highest BCUT2D eigenvalue weighted by Gasteiger charge is 2.33. The Bertz CT molecular complexity index is 338. The zero-order chi connectivity index (χ0) is 14.6. The van der Waals surface area contributed by atoms with Gasteiger partial charge in [0, 0.05) is 0 Å². The number of carbonyl (C=O) groups is 2. The van der Waals surface area contributed by atoms with Crippen LogP contribution in [0.2, 0.25) is 0 Å². The number of carboxylic acid groups (broad SMARTS) is 1. The molecule has 1 aliphatic rings. The van der Waals surface area contributed by atoms with Crippen LogP contribution < -0.4 is 10.6 Å². The third-order valence-electron chi connectivity index (χ3n) is 3.43. The van der Waals surface area contributed by atoms with Gasteiger partial charge in [-0.3, -0.25) is 0 Å². The topological polar surface area (TPSA) is 98.7 Å². The predicted molar refractivity (Wildman–Crippen MR) is 70.8 cm³/mol. The minimum atomic E-state index is -1.06. The lowest BCUT2D eigenvalue weighted by atomic mass is 9.87. The minimum absolute atomic E-state index is 0.289. The Morgan fingerprint density at radius 1 is 1.21 bits per heavy atom. The van der Waals surface area contributed by atoms with Crippen molar-refractivity contribution < 1.29 is 19.8 Å². The second-order valence-corrected chi connectivity index (χ2v) is 6.21. The SMILES string of the molecule is CC(C)(C)[C@@H](NC(=O)NC1CCCCC1O)C(=O)O. The number of rotatable bonds is 3. The van der Waals surface area contributed by atoms with Gasteiger partial charge in [-0.05, 0) is 18.3 Å². The van der Waals surface area contributed by atoms with Crippen LogP contribution in [0.25, 0.3) is 0 Å². The maximum absolute atomic E-state index is 11.8. The molecule has 0 bridgehead atoms. The largest absolute Gasteiger partial charge is 0.480 e. The number of hydrogen-bond acceptors (Lipinski definition) is 3. The quantitative estimate of drug-likeness (QED) is 0.618. The minimum Gasteiger partial charge on any atom is -0.480 e. The van der Waals surface area contributed by atoms with Crippen molar-refractivity contribution in [1.82, 2.24) is 10.6 Å². The molecule has 0 radical (unpaired) electrons. The number of urea groups is 1. The molecule has 0 heterocycles. The van der Waals surface area contributed by atoms with Gasteiger partial charge in [0.05, 0.1) is 12.1 Å². The van der Waals surface area contributed by atoms with Crippen LogP contribution in [0.15, 0.2) is 0 Å². The first-order chi connectivity index (χ1) is 8.71. The predicted octanol–water partition coefficient (Wildman–Crippen LogP) is 1.09. The summed E-state index contributed by atoms with van der Waals surface area (Å²) in [6, 6.07) is -1.79. The number of carboxylic acids is 1. The Morgan fingerprint density at radius 2 is 1.79 bits per heavy atom. The normalized spacial score (nSPS) is 25.5. The molecule has 0 saturated heterocycles. The summed E-state index contributed by atoms with van der Waals surface area (Å²) in [7, 11) is 0. The van der Waals surface area contributed by atoms with Crippen LogP contribution in [0.1, 0.15) is 46.5 Å². The van der Waals surface area contributed by atoms with E-state index in [9.17, 15) is 14.7 Å². The summed E-state index contributed by atoms with van der Waals surface area (Å²) >= 11 is 0. The molecule has 2 amide bonds. The van der Waals surface area contributed by atoms with Crippen LogP contribution in [0, 0.1) is 5.41 Å². The summed E-state index contributed by atoms with van der Waals surface area (Å²) in [5.41, 5.74) is -0.575. The number of aliphatic hydroxyl groups excluding tert-OH is 1. The molecule has 0 aromatic heterocycles. The van der Waals surface area contributed by atoms with E-state index < -0.39 is 29.6 Å². The van der Waals surface area contributed by atoms with Gasteiger partial charge in [0.25, 0.3) is 0 Å². The third kappa shape index (κ3) is 4.70.